The van der Waals surface area contributed by atoms with Crippen LogP contribution in [0.15, 0.2) is 35.3 Å². The molecule has 1 heterocycles. The molecule has 1 aromatic heterocycles. The predicted molar refractivity (Wildman–Crippen MR) is 128 cm³/mol. The van der Waals surface area contributed by atoms with Crippen molar-refractivity contribution >= 4 is 58.8 Å². The highest BCUT2D eigenvalue weighted by atomic mass is 127. The van der Waals surface area contributed by atoms with E-state index in [-0.39, 0.29) is 42.8 Å². The quantitative estimate of drug-likeness (QED) is 0.140. The van der Waals surface area contributed by atoms with E-state index in [2.05, 4.69) is 15.6 Å². The minimum Gasteiger partial charge on any atom is -0.491 e. The normalized spacial score (nSPS) is 12.1. The maximum Gasteiger partial charge on any atom is 0.269 e. The van der Waals surface area contributed by atoms with Gasteiger partial charge in [0.1, 0.15) is 23.6 Å². The number of rotatable bonds is 9. The second-order valence-electron chi connectivity index (χ2n) is 6.13. The smallest absolute Gasteiger partial charge is 0.269 e. The number of aliphatic hydroxyl groups is 1. The largest absolute Gasteiger partial charge is 0.491 e. The number of hydrogen-bond donors (Lipinski definition) is 3. The Kier molecular flexibility index (Phi) is 11.2. The summed E-state index contributed by atoms with van der Waals surface area (Å²) in [6, 6.07) is 7.42. The Bertz CT molecular complexity index is 861. The molecule has 1 atom stereocenters. The van der Waals surface area contributed by atoms with Gasteiger partial charge in [-0.3, -0.25) is 10.1 Å². The summed E-state index contributed by atoms with van der Waals surface area (Å²) in [7, 11) is 1.80. The van der Waals surface area contributed by atoms with Crippen LogP contribution in [0.1, 0.15) is 12.6 Å². The molecule has 0 spiro atoms. The highest BCUT2D eigenvalue weighted by Crippen LogP contribution is 2.25. The topological polar surface area (TPSA) is 114 Å². The summed E-state index contributed by atoms with van der Waals surface area (Å²) in [4.78, 5) is 14.6. The van der Waals surface area contributed by atoms with E-state index in [1.54, 1.807) is 17.7 Å². The lowest BCUT2D eigenvalue weighted by Gasteiger charge is -2.16. The Balaban J connectivity index is 0.00000450. The van der Waals surface area contributed by atoms with Crippen LogP contribution in [0.4, 0.5) is 5.69 Å². The van der Waals surface area contributed by atoms with E-state index >= 15 is 0 Å². The number of non-ortho nitro benzene ring substituents is 1. The fourth-order valence-electron chi connectivity index (χ4n) is 2.37. The molecule has 0 bridgehead atoms. The molecule has 1 aromatic carbocycles. The third-order valence-electron chi connectivity index (χ3n) is 3.95. The predicted octanol–water partition coefficient (Wildman–Crippen LogP) is 3.35. The molecule has 0 amide bonds. The van der Waals surface area contributed by atoms with Crippen molar-refractivity contribution < 1.29 is 14.8 Å². The van der Waals surface area contributed by atoms with Crippen LogP contribution >= 0.6 is 47.2 Å². The number of nitrogens with one attached hydrogen (secondary N) is 2. The third-order valence-corrected chi connectivity index (χ3v) is 4.80. The average Bonchev–Trinajstić information content (AvgIpc) is 2.95. The number of nitrogens with zero attached hydrogens (tertiary/aromatic N) is 3. The standard InChI is InChI=1S/C18H23Cl2N5O4.HI/c1-3-21-18(22-9-13-8-16(19)17(20)24(13)2)23-10-14(26)11-29-15-6-4-12(5-7-15)25(27)28;/h4-8,14,26H,3,9-11H2,1-2H3,(H2,21,22,23);1H. The second kappa shape index (κ2) is 12.8. The van der Waals surface area contributed by atoms with Crippen molar-refractivity contribution in [1.82, 2.24) is 15.2 Å². The minimum absolute atomic E-state index is 0. The molecule has 3 N–H and O–H groups in total. The molecular formula is C18H24Cl2IN5O4. The molecule has 30 heavy (non-hydrogen) atoms. The van der Waals surface area contributed by atoms with Gasteiger partial charge in [0.2, 0.25) is 0 Å². The van der Waals surface area contributed by atoms with E-state index in [9.17, 15) is 15.2 Å². The first kappa shape index (κ1) is 26.3. The maximum absolute atomic E-state index is 10.6. The zero-order valence-corrected chi connectivity index (χ0v) is 20.3. The number of hydrogen-bond acceptors (Lipinski definition) is 5. The van der Waals surface area contributed by atoms with Crippen molar-refractivity contribution in [2.75, 3.05) is 19.7 Å². The van der Waals surface area contributed by atoms with Crippen molar-refractivity contribution in [2.24, 2.45) is 12.0 Å². The van der Waals surface area contributed by atoms with Crippen molar-refractivity contribution in [3.8, 4) is 5.75 Å². The minimum atomic E-state index is -0.812. The van der Waals surface area contributed by atoms with E-state index in [4.69, 9.17) is 27.9 Å². The molecule has 2 rings (SSSR count). The lowest BCUT2D eigenvalue weighted by molar-refractivity contribution is -0.384. The van der Waals surface area contributed by atoms with Gasteiger partial charge in [-0.25, -0.2) is 4.99 Å². The van der Waals surface area contributed by atoms with Crippen LogP contribution in [-0.2, 0) is 13.6 Å². The molecule has 0 saturated carbocycles. The molecule has 166 valence electrons. The lowest BCUT2D eigenvalue weighted by atomic mass is 10.3. The molecule has 0 aliphatic carbocycles. The molecular weight excluding hydrogens is 548 g/mol. The first-order valence-electron chi connectivity index (χ1n) is 8.88. The van der Waals surface area contributed by atoms with Crippen LogP contribution < -0.4 is 15.4 Å². The van der Waals surface area contributed by atoms with Crippen LogP contribution in [0.25, 0.3) is 0 Å². The summed E-state index contributed by atoms with van der Waals surface area (Å²) in [6.45, 7) is 3.16. The Morgan fingerprint density at radius 2 is 2.00 bits per heavy atom. The van der Waals surface area contributed by atoms with Crippen molar-refractivity contribution in [2.45, 2.75) is 19.6 Å². The molecule has 0 fully saturated rings. The van der Waals surface area contributed by atoms with Gasteiger partial charge in [-0.05, 0) is 25.1 Å². The van der Waals surface area contributed by atoms with Gasteiger partial charge in [-0.15, -0.1) is 24.0 Å². The number of guanidine groups is 1. The monoisotopic (exact) mass is 571 g/mol. The van der Waals surface area contributed by atoms with Crippen LogP contribution in [0.3, 0.4) is 0 Å². The van der Waals surface area contributed by atoms with Crippen LogP contribution in [-0.4, -0.2) is 46.4 Å². The third kappa shape index (κ3) is 7.82. The number of halogens is 3. The second-order valence-corrected chi connectivity index (χ2v) is 6.89. The maximum atomic E-state index is 10.6. The number of benzene rings is 1. The molecule has 0 saturated heterocycles. The summed E-state index contributed by atoms with van der Waals surface area (Å²) in [6.07, 6.45) is -0.812. The Hall–Kier alpha value is -1.76. The fourth-order valence-corrected chi connectivity index (χ4v) is 2.79. The number of nitro groups is 1. The molecule has 12 heteroatoms. The van der Waals surface area contributed by atoms with Crippen LogP contribution in [0, 0.1) is 10.1 Å². The molecule has 2 aromatic rings. The summed E-state index contributed by atoms with van der Waals surface area (Å²) in [5.74, 6) is 0.961. The fraction of sp³-hybridized carbons (Fsp3) is 0.389. The lowest BCUT2D eigenvalue weighted by Crippen LogP contribution is -2.42. The van der Waals surface area contributed by atoms with Gasteiger partial charge in [0.05, 0.1) is 16.5 Å². The van der Waals surface area contributed by atoms with Crippen LogP contribution in [0.5, 0.6) is 5.75 Å². The zero-order chi connectivity index (χ0) is 21.4. The summed E-state index contributed by atoms with van der Waals surface area (Å²) < 4.78 is 7.20. The highest BCUT2D eigenvalue weighted by molar-refractivity contribution is 14.0. The number of aliphatic hydroxyl groups excluding tert-OH is 1. The Morgan fingerprint density at radius 1 is 1.33 bits per heavy atom. The molecule has 1 unspecified atom stereocenters. The number of ether oxygens (including phenoxy) is 1. The number of aromatic nitrogens is 1. The Morgan fingerprint density at radius 3 is 2.53 bits per heavy atom. The van der Waals surface area contributed by atoms with Gasteiger partial charge in [0, 0.05) is 38.0 Å². The van der Waals surface area contributed by atoms with Gasteiger partial charge in [0.25, 0.3) is 5.69 Å². The molecule has 0 aliphatic heterocycles. The highest BCUT2D eigenvalue weighted by Gasteiger charge is 2.11. The average molecular weight is 572 g/mol. The SMILES string of the molecule is CCNC(=NCc1cc(Cl)c(Cl)n1C)NCC(O)COc1ccc([N+](=O)[O-])cc1.I. The molecule has 9 nitrogen and oxygen atoms in total. The molecule has 0 radical (unpaired) electrons. The van der Waals surface area contributed by atoms with Crippen molar-refractivity contribution in [1.29, 1.82) is 0 Å². The van der Waals surface area contributed by atoms with E-state index < -0.39 is 11.0 Å². The first-order valence-corrected chi connectivity index (χ1v) is 9.64. The summed E-state index contributed by atoms with van der Waals surface area (Å²) in [5.41, 5.74) is 0.825. The van der Waals surface area contributed by atoms with Gasteiger partial charge >= 0.3 is 0 Å². The van der Waals surface area contributed by atoms with Gasteiger partial charge in [-0.1, -0.05) is 23.2 Å². The van der Waals surface area contributed by atoms with E-state index in [1.807, 2.05) is 6.92 Å². The summed E-state index contributed by atoms with van der Waals surface area (Å²) in [5, 5.41) is 27.8. The zero-order valence-electron chi connectivity index (χ0n) is 16.5. The van der Waals surface area contributed by atoms with E-state index in [0.29, 0.717) is 35.0 Å². The Labute approximate surface area is 201 Å². The van der Waals surface area contributed by atoms with E-state index in [1.165, 1.54) is 24.3 Å². The van der Waals surface area contributed by atoms with Gasteiger partial charge in [-0.2, -0.15) is 0 Å². The van der Waals surface area contributed by atoms with Gasteiger partial charge in [0.15, 0.2) is 5.96 Å². The van der Waals surface area contributed by atoms with E-state index in [0.717, 1.165) is 5.69 Å². The van der Waals surface area contributed by atoms with Crippen molar-refractivity contribution in [3.05, 3.63) is 56.3 Å². The number of nitro benzene ring substituents is 1. The van der Waals surface area contributed by atoms with Gasteiger partial charge < -0.3 is 25.0 Å². The molecule has 0 aliphatic rings. The number of aliphatic imine (C=N–C) groups is 1. The first-order chi connectivity index (χ1) is 13.8. The van der Waals surface area contributed by atoms with Crippen LogP contribution in [0.2, 0.25) is 10.2 Å². The van der Waals surface area contributed by atoms with Crippen molar-refractivity contribution in [3.63, 3.8) is 0 Å². The summed E-state index contributed by atoms with van der Waals surface area (Å²) >= 11 is 12.1.